The van der Waals surface area contributed by atoms with E-state index < -0.39 is 24.2 Å². The molecule has 6 aromatic rings. The number of aromatic nitrogens is 2. The molecule has 3 unspecified atom stereocenters. The molecule has 6 N–H and O–H groups in total. The summed E-state index contributed by atoms with van der Waals surface area (Å²) in [6.07, 6.45) is 2.08. The van der Waals surface area contributed by atoms with Gasteiger partial charge in [0.2, 0.25) is 5.56 Å². The number of aromatic hydroxyl groups is 1. The second-order valence-electron chi connectivity index (χ2n) is 16.0. The van der Waals surface area contributed by atoms with Gasteiger partial charge in [0.1, 0.15) is 30.8 Å². The lowest BCUT2D eigenvalue weighted by molar-refractivity contribution is -0.0336. The first-order valence-electron chi connectivity index (χ1n) is 21.4. The Bertz CT molecular complexity index is 2620. The van der Waals surface area contributed by atoms with E-state index in [9.17, 15) is 29.4 Å². The van der Waals surface area contributed by atoms with Crippen molar-refractivity contribution in [2.75, 3.05) is 39.3 Å². The fourth-order valence-electron chi connectivity index (χ4n) is 8.18. The number of hydrogen-bond acceptors (Lipinski definition) is 12. The Morgan fingerprint density at radius 2 is 1.66 bits per heavy atom. The number of pyridine rings is 2. The average Bonchev–Trinajstić information content (AvgIpc) is 3.32. The van der Waals surface area contributed by atoms with E-state index in [2.05, 4.69) is 30.8 Å². The highest BCUT2D eigenvalue weighted by Crippen LogP contribution is 2.31. The summed E-state index contributed by atoms with van der Waals surface area (Å²) in [7, 11) is 0. The Labute approximate surface area is 369 Å². The smallest absolute Gasteiger partial charge is 0.408 e. The van der Waals surface area contributed by atoms with Gasteiger partial charge in [0.25, 0.3) is 5.91 Å². The van der Waals surface area contributed by atoms with E-state index in [1.165, 1.54) is 18.3 Å². The second kappa shape index (κ2) is 20.4. The van der Waals surface area contributed by atoms with Gasteiger partial charge in [-0.3, -0.25) is 19.5 Å². The number of amides is 2. The number of benzene rings is 4. The van der Waals surface area contributed by atoms with Crippen LogP contribution >= 0.6 is 0 Å². The van der Waals surface area contributed by atoms with Crippen LogP contribution in [0.2, 0.25) is 0 Å². The molecule has 3 aliphatic heterocycles. The van der Waals surface area contributed by atoms with E-state index in [-0.39, 0.29) is 55.1 Å². The van der Waals surface area contributed by atoms with Gasteiger partial charge in [-0.05, 0) is 103 Å². The maximum absolute atomic E-state index is 13.2. The number of fused-ring (bicyclic) bond motifs is 4. The Morgan fingerprint density at radius 3 is 2.41 bits per heavy atom. The number of aromatic amines is 1. The minimum Gasteiger partial charge on any atom is -0.506 e. The third-order valence-corrected chi connectivity index (χ3v) is 11.7. The summed E-state index contributed by atoms with van der Waals surface area (Å²) >= 11 is 0. The van der Waals surface area contributed by atoms with Crippen LogP contribution in [-0.4, -0.2) is 88.5 Å². The number of carbonyl (C=O) groups excluding carboxylic acids is 3. The molecule has 2 aromatic heterocycles. The maximum atomic E-state index is 13.2. The van der Waals surface area contributed by atoms with Crippen LogP contribution in [-0.2, 0) is 22.6 Å². The number of ether oxygens (including phenoxy) is 3. The van der Waals surface area contributed by atoms with Crippen LogP contribution in [0.4, 0.5) is 4.79 Å². The van der Waals surface area contributed by atoms with Gasteiger partial charge < -0.3 is 45.4 Å². The van der Waals surface area contributed by atoms with Crippen molar-refractivity contribution < 1.29 is 38.8 Å². The molecule has 0 spiro atoms. The van der Waals surface area contributed by atoms with Crippen molar-refractivity contribution >= 4 is 28.9 Å². The topological polar surface area (TPSA) is 204 Å². The molecule has 15 heteroatoms. The molecule has 3 aliphatic rings. The molecule has 2 bridgehead atoms. The normalized spacial score (nSPS) is 17.5. The zero-order valence-corrected chi connectivity index (χ0v) is 35.1. The first-order valence-corrected chi connectivity index (χ1v) is 21.4. The van der Waals surface area contributed by atoms with Gasteiger partial charge in [-0.1, -0.05) is 60.7 Å². The van der Waals surface area contributed by atoms with Crippen LogP contribution in [0, 0.1) is 5.92 Å². The average molecular weight is 867 g/mol. The summed E-state index contributed by atoms with van der Waals surface area (Å²) in [6.45, 7) is 3.71. The summed E-state index contributed by atoms with van der Waals surface area (Å²) in [5.74, 6) is 0.0366. The number of aliphatic hydroxyl groups excluding tert-OH is 1. The number of rotatable bonds is 17. The molecule has 2 amide bonds. The van der Waals surface area contributed by atoms with Crippen molar-refractivity contribution in [2.45, 2.75) is 44.2 Å². The standard InChI is InChI=1S/C49H50N6O9/c56-41-17-15-39(40-16-18-44(58)53-46(40)41)42(57)28-50-27-37-14-13-36(26-52-37)47(59)51-21-24-62-48(60)34-11-9-31(10-12-34)30-63-38-8-4-7-35(25-38)45(33-5-2-1-3-6-33)54-49(61)64-43-29-55-22-19-32(43)20-23-55/h1-18,25-26,32,42-43,45,50,56-57H,19-24,27-30H2,(H,51,59)(H,53,58)(H,54,61). The molecule has 3 saturated heterocycles. The molecule has 0 saturated carbocycles. The van der Waals surface area contributed by atoms with Gasteiger partial charge in [-0.15, -0.1) is 0 Å². The molecule has 64 heavy (non-hydrogen) atoms. The molecule has 3 atom stereocenters. The molecule has 9 rings (SSSR count). The summed E-state index contributed by atoms with van der Waals surface area (Å²) in [5.41, 5.74) is 4.38. The van der Waals surface area contributed by atoms with Crippen LogP contribution in [0.25, 0.3) is 10.9 Å². The highest BCUT2D eigenvalue weighted by molar-refractivity contribution is 5.94. The van der Waals surface area contributed by atoms with Gasteiger partial charge in [0.15, 0.2) is 0 Å². The number of piperidine rings is 3. The van der Waals surface area contributed by atoms with E-state index in [0.29, 0.717) is 46.0 Å². The lowest BCUT2D eigenvalue weighted by Gasteiger charge is -2.43. The number of nitrogens with zero attached hydrogens (tertiary/aromatic N) is 2. The van der Waals surface area contributed by atoms with Crippen molar-refractivity contribution in [3.63, 3.8) is 0 Å². The Balaban J connectivity index is 0.758. The van der Waals surface area contributed by atoms with Crippen LogP contribution in [0.1, 0.15) is 73.7 Å². The number of aliphatic hydroxyl groups is 1. The van der Waals surface area contributed by atoms with Crippen LogP contribution in [0.3, 0.4) is 0 Å². The highest BCUT2D eigenvalue weighted by atomic mass is 16.6. The minimum atomic E-state index is -0.925. The molecule has 0 radical (unpaired) electrons. The van der Waals surface area contributed by atoms with Crippen molar-refractivity contribution in [3.05, 3.63) is 171 Å². The van der Waals surface area contributed by atoms with Crippen LogP contribution in [0.5, 0.6) is 11.5 Å². The minimum absolute atomic E-state index is 0.0355. The summed E-state index contributed by atoms with van der Waals surface area (Å²) in [4.78, 5) is 59.7. The summed E-state index contributed by atoms with van der Waals surface area (Å²) < 4.78 is 17.5. The van der Waals surface area contributed by atoms with E-state index >= 15 is 0 Å². The van der Waals surface area contributed by atoms with Crippen molar-refractivity contribution in [1.29, 1.82) is 0 Å². The third-order valence-electron chi connectivity index (χ3n) is 11.7. The number of H-pyrrole nitrogens is 1. The quantitative estimate of drug-likeness (QED) is 0.0495. The molecule has 4 aromatic carbocycles. The van der Waals surface area contributed by atoms with E-state index in [4.69, 9.17) is 14.2 Å². The number of nitrogens with one attached hydrogen (secondary N) is 4. The molecule has 3 fully saturated rings. The molecule has 0 aliphatic carbocycles. The predicted molar refractivity (Wildman–Crippen MR) is 238 cm³/mol. The Kier molecular flexibility index (Phi) is 13.9. The lowest BCUT2D eigenvalue weighted by atomic mass is 9.86. The number of phenols is 1. The number of esters is 1. The molecule has 15 nitrogen and oxygen atoms in total. The number of carbonyl (C=O) groups is 3. The van der Waals surface area contributed by atoms with Gasteiger partial charge in [0, 0.05) is 37.3 Å². The fraction of sp³-hybridized carbons (Fsp3) is 0.286. The highest BCUT2D eigenvalue weighted by Gasteiger charge is 2.37. The first-order chi connectivity index (χ1) is 31.2. The van der Waals surface area contributed by atoms with Crippen molar-refractivity contribution in [1.82, 2.24) is 30.8 Å². The number of hydrogen-bond donors (Lipinski definition) is 6. The second-order valence-corrected chi connectivity index (χ2v) is 16.0. The van der Waals surface area contributed by atoms with E-state index in [1.54, 1.807) is 48.5 Å². The van der Waals surface area contributed by atoms with E-state index in [1.807, 2.05) is 54.6 Å². The van der Waals surface area contributed by atoms with E-state index in [0.717, 1.165) is 49.2 Å². The molecule has 330 valence electrons. The number of phenolic OH excluding ortho intramolecular Hbond substituents is 1. The third kappa shape index (κ3) is 10.9. The zero-order chi connectivity index (χ0) is 44.4. The first kappa shape index (κ1) is 43.6. The summed E-state index contributed by atoms with van der Waals surface area (Å²) in [6, 6.07) is 33.1. The largest absolute Gasteiger partial charge is 0.506 e. The van der Waals surface area contributed by atoms with Gasteiger partial charge >= 0.3 is 12.1 Å². The molecule has 5 heterocycles. The molecular weight excluding hydrogens is 817 g/mol. The summed E-state index contributed by atoms with van der Waals surface area (Å²) in [5, 5.41) is 30.4. The van der Waals surface area contributed by atoms with Gasteiger partial charge in [0.05, 0.1) is 41.0 Å². The number of alkyl carbamates (subject to hydrolysis) is 1. The van der Waals surface area contributed by atoms with Crippen LogP contribution < -0.4 is 26.2 Å². The maximum Gasteiger partial charge on any atom is 0.408 e. The van der Waals surface area contributed by atoms with Gasteiger partial charge in [-0.2, -0.15) is 0 Å². The molecular formula is C49H50N6O9. The zero-order valence-electron chi connectivity index (χ0n) is 35.1. The monoisotopic (exact) mass is 866 g/mol. The Hall–Kier alpha value is -7.07. The van der Waals surface area contributed by atoms with Crippen molar-refractivity contribution in [2.24, 2.45) is 5.92 Å². The van der Waals surface area contributed by atoms with Gasteiger partial charge in [-0.25, -0.2) is 9.59 Å². The van der Waals surface area contributed by atoms with Crippen LogP contribution in [0.15, 0.2) is 126 Å². The SMILES string of the molecule is O=C(NC(c1ccccc1)c1cccc(OCc2ccc(C(=O)OCCNC(=O)c3ccc(CNCC(O)c4ccc(O)c5[nH]c(=O)ccc45)nc3)cc2)c1)OC1CN2CCC1CC2. The lowest BCUT2D eigenvalue weighted by Crippen LogP contribution is -2.52. The Morgan fingerprint density at radius 1 is 0.875 bits per heavy atom. The van der Waals surface area contributed by atoms with Crippen molar-refractivity contribution in [3.8, 4) is 11.5 Å². The fourth-order valence-corrected chi connectivity index (χ4v) is 8.18. The predicted octanol–water partition coefficient (Wildman–Crippen LogP) is 5.53.